The largest absolute Gasteiger partial charge is 0.467 e. The molecule has 1 saturated heterocycles. The second-order valence-electron chi connectivity index (χ2n) is 6.52. The van der Waals surface area contributed by atoms with E-state index < -0.39 is 0 Å². The van der Waals surface area contributed by atoms with Crippen LogP contribution in [-0.4, -0.2) is 30.1 Å². The van der Waals surface area contributed by atoms with Gasteiger partial charge in [-0.1, -0.05) is 15.9 Å². The third-order valence-electron chi connectivity index (χ3n) is 4.56. The van der Waals surface area contributed by atoms with Gasteiger partial charge in [0.1, 0.15) is 11.3 Å². The van der Waals surface area contributed by atoms with E-state index in [1.165, 1.54) is 6.07 Å². The highest BCUT2D eigenvalue weighted by Gasteiger charge is 2.26. The van der Waals surface area contributed by atoms with Gasteiger partial charge in [0.2, 0.25) is 0 Å². The highest BCUT2D eigenvalue weighted by molar-refractivity contribution is 9.10. The molecule has 1 atom stereocenters. The molecular formula is C20H18BrNO5. The zero-order valence-electron chi connectivity index (χ0n) is 14.5. The van der Waals surface area contributed by atoms with E-state index in [0.717, 1.165) is 17.3 Å². The first-order chi connectivity index (χ1) is 13.1. The van der Waals surface area contributed by atoms with Gasteiger partial charge in [0.25, 0.3) is 5.91 Å². The number of hydrogen-bond donors (Lipinski definition) is 0. The smallest absolute Gasteiger partial charge is 0.290 e. The minimum Gasteiger partial charge on any atom is -0.467 e. The fourth-order valence-corrected chi connectivity index (χ4v) is 3.59. The number of carbonyl (C=O) groups excluding carboxylic acids is 1. The Labute approximate surface area is 163 Å². The van der Waals surface area contributed by atoms with Gasteiger partial charge < -0.3 is 18.5 Å². The normalized spacial score (nSPS) is 16.7. The average Bonchev–Trinajstić information content (AvgIpc) is 3.35. The Morgan fingerprint density at radius 1 is 1.26 bits per heavy atom. The van der Waals surface area contributed by atoms with Crippen molar-refractivity contribution in [3.8, 4) is 0 Å². The molecule has 0 saturated carbocycles. The molecule has 27 heavy (non-hydrogen) atoms. The lowest BCUT2D eigenvalue weighted by Crippen LogP contribution is -2.37. The number of amides is 1. The van der Waals surface area contributed by atoms with Gasteiger partial charge >= 0.3 is 0 Å². The number of furan rings is 1. The van der Waals surface area contributed by atoms with Crippen molar-refractivity contribution in [2.75, 3.05) is 13.2 Å². The summed E-state index contributed by atoms with van der Waals surface area (Å²) in [4.78, 5) is 27.2. The second kappa shape index (κ2) is 7.70. The van der Waals surface area contributed by atoms with Crippen LogP contribution in [0.15, 0.2) is 60.8 Å². The summed E-state index contributed by atoms with van der Waals surface area (Å²) in [5.41, 5.74) is 0.125. The number of hydrogen-bond acceptors (Lipinski definition) is 5. The van der Waals surface area contributed by atoms with Crippen LogP contribution >= 0.6 is 15.9 Å². The molecule has 0 unspecified atom stereocenters. The molecule has 1 aromatic carbocycles. The van der Waals surface area contributed by atoms with Crippen LogP contribution in [0.5, 0.6) is 0 Å². The molecular weight excluding hydrogens is 414 g/mol. The fraction of sp³-hybridized carbons (Fsp3) is 0.300. The minimum absolute atomic E-state index is 0.0133. The molecule has 4 rings (SSSR count). The van der Waals surface area contributed by atoms with Crippen LogP contribution in [0.2, 0.25) is 0 Å². The maximum atomic E-state index is 13.1. The Kier molecular flexibility index (Phi) is 5.13. The van der Waals surface area contributed by atoms with Crippen molar-refractivity contribution < 1.29 is 18.4 Å². The van der Waals surface area contributed by atoms with Crippen molar-refractivity contribution in [2.24, 2.45) is 0 Å². The predicted molar refractivity (Wildman–Crippen MR) is 103 cm³/mol. The van der Waals surface area contributed by atoms with Gasteiger partial charge in [-0.25, -0.2) is 0 Å². The third-order valence-corrected chi connectivity index (χ3v) is 5.06. The molecule has 3 aromatic rings. The summed E-state index contributed by atoms with van der Waals surface area (Å²) < 4.78 is 17.6. The topological polar surface area (TPSA) is 72.9 Å². The van der Waals surface area contributed by atoms with Crippen LogP contribution in [0, 0.1) is 0 Å². The van der Waals surface area contributed by atoms with E-state index in [-0.39, 0.29) is 29.7 Å². The van der Waals surface area contributed by atoms with E-state index >= 15 is 0 Å². The summed E-state index contributed by atoms with van der Waals surface area (Å²) in [5.74, 6) is 0.316. The number of benzene rings is 1. The zero-order valence-corrected chi connectivity index (χ0v) is 16.1. The van der Waals surface area contributed by atoms with Crippen molar-refractivity contribution in [1.29, 1.82) is 0 Å². The summed E-state index contributed by atoms with van der Waals surface area (Å²) >= 11 is 3.34. The van der Waals surface area contributed by atoms with Crippen LogP contribution in [0.25, 0.3) is 11.0 Å². The molecule has 6 nitrogen and oxygen atoms in total. The molecule has 1 amide bonds. The first-order valence-electron chi connectivity index (χ1n) is 8.77. The number of carbonyl (C=O) groups is 1. The summed E-state index contributed by atoms with van der Waals surface area (Å²) in [6, 6.07) is 9.97. The molecule has 1 aliphatic rings. The quantitative estimate of drug-likeness (QED) is 0.610. The molecule has 1 aliphatic heterocycles. The van der Waals surface area contributed by atoms with E-state index in [1.54, 1.807) is 35.4 Å². The molecule has 1 fully saturated rings. The molecule has 2 aromatic heterocycles. The van der Waals surface area contributed by atoms with Crippen LogP contribution in [0.4, 0.5) is 0 Å². The molecule has 0 bridgehead atoms. The van der Waals surface area contributed by atoms with Gasteiger partial charge in [-0.15, -0.1) is 0 Å². The standard InChI is InChI=1S/C20H18BrNO5/c21-13-5-6-18-16(9-13)17(23)10-19(27-18)20(24)22(11-14-3-1-7-25-14)12-15-4-2-8-26-15/h1,3,5-7,9-10,15H,2,4,8,11-12H2/t15-/m1/s1. The van der Waals surface area contributed by atoms with Gasteiger partial charge in [0, 0.05) is 23.7 Å². The number of rotatable bonds is 5. The van der Waals surface area contributed by atoms with Gasteiger partial charge in [-0.05, 0) is 43.2 Å². The lowest BCUT2D eigenvalue weighted by atomic mass is 10.2. The Hall–Kier alpha value is -2.38. The van der Waals surface area contributed by atoms with Crippen molar-refractivity contribution in [3.63, 3.8) is 0 Å². The third kappa shape index (κ3) is 3.99. The van der Waals surface area contributed by atoms with Gasteiger partial charge in [0.05, 0.1) is 24.3 Å². The van der Waals surface area contributed by atoms with E-state index in [9.17, 15) is 9.59 Å². The number of halogens is 1. The lowest BCUT2D eigenvalue weighted by Gasteiger charge is -2.24. The second-order valence-corrected chi connectivity index (χ2v) is 7.43. The summed E-state index contributed by atoms with van der Waals surface area (Å²) in [6.45, 7) is 1.41. The van der Waals surface area contributed by atoms with Crippen LogP contribution in [-0.2, 0) is 11.3 Å². The molecule has 0 N–H and O–H groups in total. The van der Waals surface area contributed by atoms with Crippen LogP contribution < -0.4 is 5.43 Å². The molecule has 0 radical (unpaired) electrons. The fourth-order valence-electron chi connectivity index (χ4n) is 3.23. The summed E-state index contributed by atoms with van der Waals surface area (Å²) in [7, 11) is 0. The summed E-state index contributed by atoms with van der Waals surface area (Å²) in [6.07, 6.45) is 3.43. The predicted octanol–water partition coefficient (Wildman–Crippen LogP) is 3.97. The van der Waals surface area contributed by atoms with Gasteiger partial charge in [0.15, 0.2) is 11.2 Å². The highest BCUT2D eigenvalue weighted by Crippen LogP contribution is 2.21. The maximum absolute atomic E-state index is 13.1. The molecule has 3 heterocycles. The molecule has 0 spiro atoms. The maximum Gasteiger partial charge on any atom is 0.290 e. The van der Waals surface area contributed by atoms with E-state index in [2.05, 4.69) is 15.9 Å². The van der Waals surface area contributed by atoms with E-state index in [1.807, 2.05) is 6.07 Å². The Morgan fingerprint density at radius 2 is 2.15 bits per heavy atom. The lowest BCUT2D eigenvalue weighted by molar-refractivity contribution is 0.0469. The van der Waals surface area contributed by atoms with Crippen molar-refractivity contribution in [1.82, 2.24) is 4.90 Å². The zero-order chi connectivity index (χ0) is 18.8. The summed E-state index contributed by atoms with van der Waals surface area (Å²) in [5, 5.41) is 0.428. The Balaban J connectivity index is 1.66. The van der Waals surface area contributed by atoms with Crippen molar-refractivity contribution in [2.45, 2.75) is 25.5 Å². The minimum atomic E-state index is -0.358. The first kappa shape index (κ1) is 18.0. The van der Waals surface area contributed by atoms with Crippen LogP contribution in [0.3, 0.4) is 0 Å². The van der Waals surface area contributed by atoms with Gasteiger partial charge in [-0.2, -0.15) is 0 Å². The number of fused-ring (bicyclic) bond motifs is 1. The Bertz CT molecular complexity index is 1000. The van der Waals surface area contributed by atoms with Crippen LogP contribution in [0.1, 0.15) is 29.2 Å². The molecule has 0 aliphatic carbocycles. The number of ether oxygens (including phenoxy) is 1. The van der Waals surface area contributed by atoms with E-state index in [4.69, 9.17) is 13.6 Å². The van der Waals surface area contributed by atoms with E-state index in [0.29, 0.717) is 29.9 Å². The molecule has 7 heteroatoms. The first-order valence-corrected chi connectivity index (χ1v) is 9.56. The highest BCUT2D eigenvalue weighted by atomic mass is 79.9. The molecule has 140 valence electrons. The number of nitrogens with zero attached hydrogens (tertiary/aromatic N) is 1. The van der Waals surface area contributed by atoms with Crippen molar-refractivity contribution >= 4 is 32.8 Å². The van der Waals surface area contributed by atoms with Crippen molar-refractivity contribution in [3.05, 3.63) is 68.9 Å². The SMILES string of the molecule is O=C(c1cc(=O)c2cc(Br)ccc2o1)N(Cc1ccco1)C[C@H]1CCCO1. The monoisotopic (exact) mass is 431 g/mol. The van der Waals surface area contributed by atoms with Gasteiger partial charge in [-0.3, -0.25) is 9.59 Å². The Morgan fingerprint density at radius 3 is 2.89 bits per heavy atom. The average molecular weight is 432 g/mol.